The minimum Gasteiger partial charge on any atom is -0.493 e. The molecule has 0 aliphatic heterocycles. The minimum absolute atomic E-state index is 0.00986. The molecule has 1 N–H and O–H groups in total. The predicted octanol–water partition coefficient (Wildman–Crippen LogP) is 2.68. The van der Waals surface area contributed by atoms with Crippen molar-refractivity contribution < 1.29 is 14.3 Å². The van der Waals surface area contributed by atoms with Crippen LogP contribution in [0.3, 0.4) is 0 Å². The van der Waals surface area contributed by atoms with E-state index in [1.165, 1.54) is 15.0 Å². The van der Waals surface area contributed by atoms with Gasteiger partial charge in [-0.25, -0.2) is 9.78 Å². The lowest BCUT2D eigenvalue weighted by Gasteiger charge is -2.14. The second-order valence-electron chi connectivity index (χ2n) is 10.2. The van der Waals surface area contributed by atoms with E-state index in [1.807, 2.05) is 37.3 Å². The van der Waals surface area contributed by atoms with Crippen molar-refractivity contribution in [2.45, 2.75) is 39.3 Å². The summed E-state index contributed by atoms with van der Waals surface area (Å²) in [6.45, 7) is 2.33. The molecule has 2 aromatic carbocycles. The molecule has 0 atom stereocenters. The van der Waals surface area contributed by atoms with Gasteiger partial charge in [0.2, 0.25) is 5.91 Å². The molecule has 11 heteroatoms. The van der Waals surface area contributed by atoms with Gasteiger partial charge in [-0.05, 0) is 61.7 Å². The Hall–Kier alpha value is -5.19. The van der Waals surface area contributed by atoms with Crippen LogP contribution in [0.5, 0.6) is 11.5 Å². The average molecular weight is 584 g/mol. The van der Waals surface area contributed by atoms with Gasteiger partial charge < -0.3 is 14.8 Å². The Labute approximate surface area is 247 Å². The van der Waals surface area contributed by atoms with Crippen LogP contribution in [0.1, 0.15) is 29.8 Å². The maximum Gasteiger partial charge on any atom is 0.331 e. The Kier molecular flexibility index (Phi) is 8.70. The third-order valence-electron chi connectivity index (χ3n) is 7.35. The summed E-state index contributed by atoms with van der Waals surface area (Å²) in [7, 11) is 3.14. The van der Waals surface area contributed by atoms with E-state index in [-0.39, 0.29) is 31.0 Å². The summed E-state index contributed by atoms with van der Waals surface area (Å²) in [5.74, 6) is 1.08. The zero-order valence-electron chi connectivity index (χ0n) is 24.3. The van der Waals surface area contributed by atoms with Gasteiger partial charge in [0.25, 0.3) is 11.1 Å². The Morgan fingerprint density at radius 1 is 0.907 bits per heavy atom. The number of hydrogen-bond donors (Lipinski definition) is 1. The molecule has 0 bridgehead atoms. The van der Waals surface area contributed by atoms with Crippen LogP contribution in [-0.2, 0) is 24.3 Å². The van der Waals surface area contributed by atoms with Gasteiger partial charge in [-0.2, -0.15) is 0 Å². The number of nitrogens with one attached hydrogen (secondary N) is 1. The topological polar surface area (TPSA) is 126 Å². The van der Waals surface area contributed by atoms with Gasteiger partial charge in [0.1, 0.15) is 5.65 Å². The van der Waals surface area contributed by atoms with Gasteiger partial charge in [-0.15, -0.1) is 0 Å². The van der Waals surface area contributed by atoms with Crippen LogP contribution >= 0.6 is 0 Å². The lowest BCUT2D eigenvalue weighted by Crippen LogP contribution is -2.40. The molecule has 0 spiro atoms. The Morgan fingerprint density at radius 3 is 2.49 bits per heavy atom. The number of amides is 1. The molecule has 3 heterocycles. The van der Waals surface area contributed by atoms with E-state index in [4.69, 9.17) is 9.47 Å². The fourth-order valence-electron chi connectivity index (χ4n) is 5.20. The summed E-state index contributed by atoms with van der Waals surface area (Å²) in [4.78, 5) is 56.8. The Morgan fingerprint density at radius 2 is 1.70 bits per heavy atom. The third-order valence-corrected chi connectivity index (χ3v) is 7.35. The van der Waals surface area contributed by atoms with E-state index in [1.54, 1.807) is 44.6 Å². The van der Waals surface area contributed by atoms with Crippen molar-refractivity contribution in [1.29, 1.82) is 0 Å². The van der Waals surface area contributed by atoms with Crippen LogP contribution in [-0.4, -0.2) is 45.2 Å². The molecular formula is C32H33N5O6. The molecule has 1 amide bonds. The van der Waals surface area contributed by atoms with Crippen molar-refractivity contribution in [3.8, 4) is 11.5 Å². The number of carbonyl (C=O) groups is 1. The van der Waals surface area contributed by atoms with Crippen LogP contribution < -0.4 is 31.6 Å². The van der Waals surface area contributed by atoms with Crippen molar-refractivity contribution >= 4 is 22.5 Å². The molecule has 3 aromatic heterocycles. The number of pyridine rings is 1. The number of hydrogen-bond acceptors (Lipinski definition) is 7. The van der Waals surface area contributed by atoms with Gasteiger partial charge in [0.15, 0.2) is 11.5 Å². The van der Waals surface area contributed by atoms with Crippen LogP contribution in [0.2, 0.25) is 0 Å². The summed E-state index contributed by atoms with van der Waals surface area (Å²) >= 11 is 0. The van der Waals surface area contributed by atoms with Gasteiger partial charge in [-0.1, -0.05) is 24.3 Å². The highest BCUT2D eigenvalue weighted by Gasteiger charge is 2.15. The lowest BCUT2D eigenvalue weighted by molar-refractivity contribution is -0.121. The van der Waals surface area contributed by atoms with E-state index in [0.717, 1.165) is 15.8 Å². The number of benzene rings is 2. The van der Waals surface area contributed by atoms with Gasteiger partial charge in [0, 0.05) is 31.3 Å². The molecule has 0 saturated carbocycles. The highest BCUT2D eigenvalue weighted by atomic mass is 16.5. The third kappa shape index (κ3) is 6.20. The fourth-order valence-corrected chi connectivity index (χ4v) is 5.20. The molecule has 0 unspecified atom stereocenters. The molecule has 0 aliphatic rings. The van der Waals surface area contributed by atoms with Crippen LogP contribution in [0.25, 0.3) is 16.6 Å². The van der Waals surface area contributed by atoms with E-state index in [2.05, 4.69) is 10.3 Å². The smallest absolute Gasteiger partial charge is 0.331 e. The molecule has 0 aliphatic carbocycles. The molecule has 5 aromatic rings. The number of para-hydroxylation sites is 1. The van der Waals surface area contributed by atoms with E-state index < -0.39 is 11.2 Å². The van der Waals surface area contributed by atoms with E-state index >= 15 is 0 Å². The number of aryl methyl sites for hydroxylation is 1. The van der Waals surface area contributed by atoms with Crippen LogP contribution in [0.15, 0.2) is 81.1 Å². The van der Waals surface area contributed by atoms with Gasteiger partial charge in [0.05, 0.1) is 37.4 Å². The van der Waals surface area contributed by atoms with Gasteiger partial charge in [-0.3, -0.25) is 27.9 Å². The average Bonchev–Trinajstić information content (AvgIpc) is 3.00. The highest BCUT2D eigenvalue weighted by Crippen LogP contribution is 2.27. The van der Waals surface area contributed by atoms with Crippen LogP contribution in [0, 0.1) is 6.92 Å². The van der Waals surface area contributed by atoms with E-state index in [0.29, 0.717) is 53.1 Å². The van der Waals surface area contributed by atoms with Crippen molar-refractivity contribution in [2.75, 3.05) is 20.8 Å². The monoisotopic (exact) mass is 583 g/mol. The van der Waals surface area contributed by atoms with Crippen LogP contribution in [0.4, 0.5) is 0 Å². The summed E-state index contributed by atoms with van der Waals surface area (Å²) in [5, 5.41) is 3.26. The number of methoxy groups -OCH3 is 2. The van der Waals surface area contributed by atoms with Crippen molar-refractivity contribution in [3.05, 3.63) is 115 Å². The molecule has 5 rings (SSSR count). The number of nitrogens with zero attached hydrogens (tertiary/aromatic N) is 4. The first-order valence-electron chi connectivity index (χ1n) is 14.0. The molecule has 0 saturated heterocycles. The number of ether oxygens (including phenoxy) is 2. The number of rotatable bonds is 11. The summed E-state index contributed by atoms with van der Waals surface area (Å²) in [5.41, 5.74) is 1.88. The lowest BCUT2D eigenvalue weighted by atomic mass is 10.1. The number of aromatic nitrogens is 4. The molecule has 222 valence electrons. The quantitative estimate of drug-likeness (QED) is 0.253. The first kappa shape index (κ1) is 29.3. The van der Waals surface area contributed by atoms with E-state index in [9.17, 15) is 19.2 Å². The first-order chi connectivity index (χ1) is 20.8. The predicted molar refractivity (Wildman–Crippen MR) is 163 cm³/mol. The zero-order valence-corrected chi connectivity index (χ0v) is 24.3. The highest BCUT2D eigenvalue weighted by molar-refractivity contribution is 5.78. The fraction of sp³-hybridized carbons (Fsp3) is 0.281. The molecule has 11 nitrogen and oxygen atoms in total. The maximum absolute atomic E-state index is 13.6. The molecule has 43 heavy (non-hydrogen) atoms. The maximum atomic E-state index is 13.6. The second-order valence-corrected chi connectivity index (χ2v) is 10.2. The van der Waals surface area contributed by atoms with Crippen molar-refractivity contribution in [3.63, 3.8) is 0 Å². The second kappa shape index (κ2) is 12.8. The summed E-state index contributed by atoms with van der Waals surface area (Å²) in [6, 6.07) is 19.2. The minimum atomic E-state index is -0.524. The normalized spacial score (nSPS) is 11.1. The molecular weight excluding hydrogens is 550 g/mol. The van der Waals surface area contributed by atoms with Crippen molar-refractivity contribution in [2.24, 2.45) is 0 Å². The van der Waals surface area contributed by atoms with Crippen molar-refractivity contribution in [1.82, 2.24) is 23.8 Å². The van der Waals surface area contributed by atoms with Gasteiger partial charge >= 0.3 is 5.69 Å². The number of fused-ring (bicyclic) bond motifs is 2. The largest absolute Gasteiger partial charge is 0.493 e. The SMILES string of the molecule is COc1ccc(CCNC(=O)CCCn2c(=O)c3ccccc3n(Cc3cc(=O)n4c(C)cccc4n3)c2=O)cc1OC. The zero-order chi connectivity index (χ0) is 30.5. The number of carbonyl (C=O) groups excluding carboxylic acids is 1. The molecule has 0 radical (unpaired) electrons. The first-order valence-corrected chi connectivity index (χ1v) is 14.0. The summed E-state index contributed by atoms with van der Waals surface area (Å²) < 4.78 is 14.7. The summed E-state index contributed by atoms with van der Waals surface area (Å²) in [6.07, 6.45) is 1.05. The Balaban J connectivity index is 1.30. The Bertz CT molecular complexity index is 1990. The standard InChI is InChI=1S/C32H33N5O6/c1-21-8-6-11-28-34-23(19-30(39)37(21)28)20-36-25-10-5-4-9-24(25)31(40)35(32(36)41)17-7-12-29(38)33-16-15-22-13-14-26(42-2)27(18-22)43-3/h4-6,8-11,13-14,18-19H,7,12,15-17,20H2,1-3H3,(H,33,38). The molecule has 0 fully saturated rings.